The van der Waals surface area contributed by atoms with E-state index < -0.39 is 0 Å². The summed E-state index contributed by atoms with van der Waals surface area (Å²) in [6.07, 6.45) is 5.37. The molecule has 142 valence electrons. The van der Waals surface area contributed by atoms with Crippen LogP contribution in [0.25, 0.3) is 16.9 Å². The number of hydrogen-bond donors (Lipinski definition) is 0. The van der Waals surface area contributed by atoms with Crippen molar-refractivity contribution in [1.82, 2.24) is 18.9 Å². The number of methoxy groups -OCH3 is 1. The van der Waals surface area contributed by atoms with E-state index in [4.69, 9.17) is 4.74 Å². The molecule has 3 aromatic rings. The Balaban J connectivity index is 2.03. The number of imidazole rings is 1. The van der Waals surface area contributed by atoms with Crippen LogP contribution in [0.4, 0.5) is 0 Å². The molecule has 0 aliphatic rings. The number of fused-ring (bicyclic) bond motifs is 1. The van der Waals surface area contributed by atoms with E-state index in [9.17, 15) is 9.59 Å². The Kier molecular flexibility index (Phi) is 5.30. The average molecular weight is 368 g/mol. The Bertz CT molecular complexity index is 1020. The molecule has 0 radical (unpaired) electrons. The SMILES string of the molecule is CCCCN(C)C(=O)c1cn2cc(-c3ccc(OC)cc3)n(C)c(=O)c2n1. The molecule has 27 heavy (non-hydrogen) atoms. The fraction of sp³-hybridized carbons (Fsp3) is 0.350. The third-order valence-corrected chi connectivity index (χ3v) is 4.65. The zero-order chi connectivity index (χ0) is 19.6. The fourth-order valence-electron chi connectivity index (χ4n) is 2.95. The zero-order valence-electron chi connectivity index (χ0n) is 16.1. The van der Waals surface area contributed by atoms with Gasteiger partial charge in [0, 0.05) is 38.6 Å². The Morgan fingerprint density at radius 1 is 1.22 bits per heavy atom. The van der Waals surface area contributed by atoms with Gasteiger partial charge in [0.05, 0.1) is 12.8 Å². The second-order valence-corrected chi connectivity index (χ2v) is 6.54. The molecule has 1 aromatic carbocycles. The first kappa shape index (κ1) is 18.7. The molecule has 2 heterocycles. The van der Waals surface area contributed by atoms with Gasteiger partial charge in [0.15, 0.2) is 0 Å². The molecule has 0 N–H and O–H groups in total. The van der Waals surface area contributed by atoms with Crippen LogP contribution >= 0.6 is 0 Å². The van der Waals surface area contributed by atoms with E-state index in [0.29, 0.717) is 6.54 Å². The van der Waals surface area contributed by atoms with E-state index in [2.05, 4.69) is 11.9 Å². The lowest BCUT2D eigenvalue weighted by Gasteiger charge is -2.14. The first-order valence-electron chi connectivity index (χ1n) is 8.95. The first-order chi connectivity index (χ1) is 13.0. The van der Waals surface area contributed by atoms with E-state index in [1.807, 2.05) is 30.5 Å². The summed E-state index contributed by atoms with van der Waals surface area (Å²) in [5, 5.41) is 0. The summed E-state index contributed by atoms with van der Waals surface area (Å²) in [5.41, 5.74) is 1.86. The van der Waals surface area contributed by atoms with Gasteiger partial charge in [-0.15, -0.1) is 0 Å². The maximum atomic E-state index is 12.8. The minimum Gasteiger partial charge on any atom is -0.497 e. The summed E-state index contributed by atoms with van der Waals surface area (Å²) >= 11 is 0. The summed E-state index contributed by atoms with van der Waals surface area (Å²) in [7, 11) is 5.06. The van der Waals surface area contributed by atoms with Crippen molar-refractivity contribution in [3.05, 3.63) is 52.7 Å². The lowest BCUT2D eigenvalue weighted by Crippen LogP contribution is -2.28. The molecule has 0 aliphatic carbocycles. The van der Waals surface area contributed by atoms with Crippen molar-refractivity contribution < 1.29 is 9.53 Å². The number of aromatic nitrogens is 3. The van der Waals surface area contributed by atoms with Crippen molar-refractivity contribution in [1.29, 1.82) is 0 Å². The first-order valence-corrected chi connectivity index (χ1v) is 8.95. The molecule has 0 unspecified atom stereocenters. The van der Waals surface area contributed by atoms with Crippen molar-refractivity contribution in [2.45, 2.75) is 19.8 Å². The summed E-state index contributed by atoms with van der Waals surface area (Å²) in [5.74, 6) is 0.565. The molecule has 0 atom stereocenters. The highest BCUT2D eigenvalue weighted by atomic mass is 16.5. The van der Waals surface area contributed by atoms with Crippen molar-refractivity contribution in [3.8, 4) is 17.0 Å². The highest BCUT2D eigenvalue weighted by Gasteiger charge is 2.18. The Morgan fingerprint density at radius 2 is 1.93 bits per heavy atom. The van der Waals surface area contributed by atoms with Gasteiger partial charge in [0.25, 0.3) is 11.5 Å². The monoisotopic (exact) mass is 368 g/mol. The number of rotatable bonds is 6. The number of hydrogen-bond acceptors (Lipinski definition) is 4. The van der Waals surface area contributed by atoms with Gasteiger partial charge >= 0.3 is 0 Å². The Hall–Kier alpha value is -3.09. The minimum absolute atomic E-state index is 0.180. The smallest absolute Gasteiger partial charge is 0.294 e. The number of carbonyl (C=O) groups excluding carboxylic acids is 1. The van der Waals surface area contributed by atoms with E-state index in [1.165, 1.54) is 0 Å². The molecular formula is C20H24N4O3. The number of ether oxygens (including phenoxy) is 1. The van der Waals surface area contributed by atoms with E-state index in [-0.39, 0.29) is 22.8 Å². The summed E-state index contributed by atoms with van der Waals surface area (Å²) in [4.78, 5) is 31.2. The van der Waals surface area contributed by atoms with Crippen LogP contribution in [0.5, 0.6) is 5.75 Å². The van der Waals surface area contributed by atoms with Gasteiger partial charge in [-0.1, -0.05) is 13.3 Å². The maximum absolute atomic E-state index is 12.8. The highest BCUT2D eigenvalue weighted by molar-refractivity contribution is 5.92. The molecule has 0 spiro atoms. The van der Waals surface area contributed by atoms with Crippen LogP contribution in [0.15, 0.2) is 41.5 Å². The molecule has 0 saturated heterocycles. The maximum Gasteiger partial charge on any atom is 0.294 e. The lowest BCUT2D eigenvalue weighted by atomic mass is 10.1. The van der Waals surface area contributed by atoms with E-state index in [0.717, 1.165) is 29.8 Å². The predicted octanol–water partition coefficient (Wildman–Crippen LogP) is 2.58. The predicted molar refractivity (Wildman–Crippen MR) is 104 cm³/mol. The van der Waals surface area contributed by atoms with Crippen LogP contribution in [-0.4, -0.2) is 45.5 Å². The lowest BCUT2D eigenvalue weighted by molar-refractivity contribution is 0.0788. The second kappa shape index (κ2) is 7.65. The van der Waals surface area contributed by atoms with Crippen molar-refractivity contribution >= 4 is 11.6 Å². The molecule has 7 heteroatoms. The number of carbonyl (C=O) groups is 1. The number of amides is 1. The molecule has 2 aromatic heterocycles. The summed E-state index contributed by atoms with van der Waals surface area (Å²) < 4.78 is 8.35. The van der Waals surface area contributed by atoms with E-state index >= 15 is 0 Å². The molecule has 3 rings (SSSR count). The second-order valence-electron chi connectivity index (χ2n) is 6.54. The fourth-order valence-corrected chi connectivity index (χ4v) is 2.95. The molecule has 0 bridgehead atoms. The van der Waals surface area contributed by atoms with Gasteiger partial charge in [0.2, 0.25) is 5.65 Å². The van der Waals surface area contributed by atoms with Crippen LogP contribution in [0.2, 0.25) is 0 Å². The number of unbranched alkanes of at least 4 members (excludes halogenated alkanes) is 1. The van der Waals surface area contributed by atoms with Crippen molar-refractivity contribution in [3.63, 3.8) is 0 Å². The topological polar surface area (TPSA) is 68.8 Å². The number of benzene rings is 1. The standard InChI is InChI=1S/C20H24N4O3/c1-5-6-11-22(2)19(25)16-12-24-13-17(23(3)20(26)18(24)21-16)14-7-9-15(27-4)10-8-14/h7-10,12-13H,5-6,11H2,1-4H3. The summed E-state index contributed by atoms with van der Waals surface area (Å²) in [6.45, 7) is 2.74. The third kappa shape index (κ3) is 3.58. The van der Waals surface area contributed by atoms with Crippen molar-refractivity contribution in [2.75, 3.05) is 20.7 Å². The van der Waals surface area contributed by atoms with Crippen molar-refractivity contribution in [2.24, 2.45) is 7.05 Å². The Labute approximate surface area is 157 Å². The zero-order valence-corrected chi connectivity index (χ0v) is 16.1. The third-order valence-electron chi connectivity index (χ3n) is 4.65. The molecular weight excluding hydrogens is 344 g/mol. The van der Waals surface area contributed by atoms with E-state index in [1.54, 1.807) is 41.3 Å². The van der Waals surface area contributed by atoms with Crippen LogP contribution in [-0.2, 0) is 7.05 Å². The van der Waals surface area contributed by atoms with Gasteiger partial charge in [-0.05, 0) is 30.7 Å². The van der Waals surface area contributed by atoms with Gasteiger partial charge < -0.3 is 14.2 Å². The number of nitrogens with zero attached hydrogens (tertiary/aromatic N) is 4. The van der Waals surface area contributed by atoms with Crippen LogP contribution in [0, 0.1) is 0 Å². The van der Waals surface area contributed by atoms with Crippen LogP contribution < -0.4 is 10.3 Å². The molecule has 1 amide bonds. The Morgan fingerprint density at radius 3 is 2.56 bits per heavy atom. The normalized spacial score (nSPS) is 11.0. The van der Waals surface area contributed by atoms with Gasteiger partial charge in [-0.2, -0.15) is 0 Å². The molecule has 7 nitrogen and oxygen atoms in total. The largest absolute Gasteiger partial charge is 0.497 e. The summed E-state index contributed by atoms with van der Waals surface area (Å²) in [6, 6.07) is 7.47. The van der Waals surface area contributed by atoms with Gasteiger partial charge in [0.1, 0.15) is 11.4 Å². The van der Waals surface area contributed by atoms with Gasteiger partial charge in [-0.25, -0.2) is 4.98 Å². The minimum atomic E-state index is -0.251. The molecule has 0 saturated carbocycles. The molecule has 0 aliphatic heterocycles. The van der Waals surface area contributed by atoms with Gasteiger partial charge in [-0.3, -0.25) is 14.0 Å². The highest BCUT2D eigenvalue weighted by Crippen LogP contribution is 2.21. The van der Waals surface area contributed by atoms with Crippen LogP contribution in [0.3, 0.4) is 0 Å². The molecule has 0 fully saturated rings. The van der Waals surface area contributed by atoms with Crippen LogP contribution in [0.1, 0.15) is 30.3 Å². The quantitative estimate of drug-likeness (QED) is 0.671. The average Bonchev–Trinajstić information content (AvgIpc) is 3.12.